The van der Waals surface area contributed by atoms with Crippen LogP contribution < -0.4 is 0 Å². The second-order valence-corrected chi connectivity index (χ2v) is 3.16. The molecule has 0 radical (unpaired) electrons. The lowest BCUT2D eigenvalue weighted by Crippen LogP contribution is -1.99. The zero-order chi connectivity index (χ0) is 9.68. The van der Waals surface area contributed by atoms with E-state index in [1.165, 1.54) is 5.56 Å². The van der Waals surface area contributed by atoms with Crippen molar-refractivity contribution < 1.29 is 5.21 Å². The van der Waals surface area contributed by atoms with Crippen LogP contribution in [0.5, 0.6) is 0 Å². The van der Waals surface area contributed by atoms with Gasteiger partial charge in [0.25, 0.3) is 0 Å². The number of aryl methyl sites for hydroxylation is 1. The number of oxime groups is 1. The zero-order valence-electron chi connectivity index (χ0n) is 8.12. The summed E-state index contributed by atoms with van der Waals surface area (Å²) in [5, 5.41) is 12.1. The molecule has 0 aliphatic heterocycles. The summed E-state index contributed by atoms with van der Waals surface area (Å²) < 4.78 is 0. The first kappa shape index (κ1) is 9.78. The molecule has 1 N–H and O–H groups in total. The van der Waals surface area contributed by atoms with Crippen molar-refractivity contribution in [3.8, 4) is 0 Å². The van der Waals surface area contributed by atoms with Gasteiger partial charge in [-0.05, 0) is 18.9 Å². The van der Waals surface area contributed by atoms with Gasteiger partial charge in [0.2, 0.25) is 0 Å². The highest BCUT2D eigenvalue weighted by Gasteiger charge is 2.01. The highest BCUT2D eigenvalue weighted by molar-refractivity contribution is 6.00. The molecule has 2 heteroatoms. The number of benzene rings is 1. The van der Waals surface area contributed by atoms with E-state index < -0.39 is 0 Å². The van der Waals surface area contributed by atoms with Gasteiger partial charge in [-0.3, -0.25) is 0 Å². The molecule has 0 bridgehead atoms. The predicted octanol–water partition coefficient (Wildman–Crippen LogP) is 2.97. The molecule has 13 heavy (non-hydrogen) atoms. The lowest BCUT2D eigenvalue weighted by atomic mass is 10.0. The summed E-state index contributed by atoms with van der Waals surface area (Å²) in [5.41, 5.74) is 3.00. The summed E-state index contributed by atoms with van der Waals surface area (Å²) in [7, 11) is 0. The van der Waals surface area contributed by atoms with Crippen LogP contribution in [0.2, 0.25) is 0 Å². The summed E-state index contributed by atoms with van der Waals surface area (Å²) >= 11 is 0. The van der Waals surface area contributed by atoms with Crippen LogP contribution in [-0.2, 0) is 0 Å². The number of hydrogen-bond acceptors (Lipinski definition) is 2. The lowest BCUT2D eigenvalue weighted by molar-refractivity contribution is 0.318. The number of hydrogen-bond donors (Lipinski definition) is 1. The molecule has 70 valence electrons. The normalized spacial score (nSPS) is 11.7. The Morgan fingerprint density at radius 2 is 1.92 bits per heavy atom. The number of nitrogens with zero attached hydrogens (tertiary/aromatic N) is 1. The first-order valence-corrected chi connectivity index (χ1v) is 4.56. The van der Waals surface area contributed by atoms with Crippen LogP contribution >= 0.6 is 0 Å². The maximum Gasteiger partial charge on any atom is 0.0867 e. The van der Waals surface area contributed by atoms with Crippen LogP contribution in [-0.4, -0.2) is 10.9 Å². The molecule has 0 unspecified atom stereocenters. The SMILES string of the molecule is CCC/C(=N/O)c1ccc(C)cc1. The van der Waals surface area contributed by atoms with Gasteiger partial charge in [-0.2, -0.15) is 0 Å². The van der Waals surface area contributed by atoms with Crippen molar-refractivity contribution in [2.24, 2.45) is 5.16 Å². The van der Waals surface area contributed by atoms with Crippen LogP contribution in [0.3, 0.4) is 0 Å². The van der Waals surface area contributed by atoms with Crippen LogP contribution in [0.1, 0.15) is 30.9 Å². The molecule has 0 aromatic heterocycles. The summed E-state index contributed by atoms with van der Waals surface area (Å²) in [6.07, 6.45) is 1.81. The Kier molecular flexibility index (Phi) is 3.50. The predicted molar refractivity (Wildman–Crippen MR) is 54.4 cm³/mol. The molecule has 1 aromatic rings. The molecule has 2 nitrogen and oxygen atoms in total. The lowest BCUT2D eigenvalue weighted by Gasteiger charge is -2.02. The van der Waals surface area contributed by atoms with Crippen LogP contribution in [0.15, 0.2) is 29.4 Å². The summed E-state index contributed by atoms with van der Waals surface area (Å²) in [4.78, 5) is 0. The second kappa shape index (κ2) is 4.65. The minimum absolute atomic E-state index is 0.766. The monoisotopic (exact) mass is 177 g/mol. The van der Waals surface area contributed by atoms with Gasteiger partial charge in [0.05, 0.1) is 5.71 Å². The average molecular weight is 177 g/mol. The third-order valence-electron chi connectivity index (χ3n) is 1.99. The van der Waals surface area contributed by atoms with Crippen LogP contribution in [0.25, 0.3) is 0 Å². The standard InChI is InChI=1S/C11H15NO/c1-3-4-11(12-13)10-7-5-9(2)6-8-10/h5-8,13H,3-4H2,1-2H3/b12-11-. The van der Waals surface area contributed by atoms with E-state index in [2.05, 4.69) is 12.1 Å². The average Bonchev–Trinajstić information content (AvgIpc) is 2.16. The van der Waals surface area contributed by atoms with Crippen molar-refractivity contribution in [3.05, 3.63) is 35.4 Å². The van der Waals surface area contributed by atoms with Gasteiger partial charge >= 0.3 is 0 Å². The van der Waals surface area contributed by atoms with Crippen molar-refractivity contribution in [2.45, 2.75) is 26.7 Å². The fraction of sp³-hybridized carbons (Fsp3) is 0.364. The summed E-state index contributed by atoms with van der Waals surface area (Å²) in [5.74, 6) is 0. The zero-order valence-corrected chi connectivity index (χ0v) is 8.12. The third-order valence-corrected chi connectivity index (χ3v) is 1.99. The van der Waals surface area contributed by atoms with Gasteiger partial charge in [-0.1, -0.05) is 48.3 Å². The molecule has 1 rings (SSSR count). The molecule has 0 atom stereocenters. The second-order valence-electron chi connectivity index (χ2n) is 3.16. The Hall–Kier alpha value is -1.31. The molecule has 0 aliphatic carbocycles. The molecule has 0 amide bonds. The van der Waals surface area contributed by atoms with E-state index in [0.29, 0.717) is 0 Å². The minimum Gasteiger partial charge on any atom is -0.411 e. The van der Waals surface area contributed by atoms with Crippen LogP contribution in [0.4, 0.5) is 0 Å². The summed E-state index contributed by atoms with van der Waals surface area (Å²) in [6, 6.07) is 8.02. The maximum absolute atomic E-state index is 8.77. The van der Waals surface area contributed by atoms with Gasteiger partial charge in [-0.15, -0.1) is 0 Å². The fourth-order valence-electron chi connectivity index (χ4n) is 1.23. The fourth-order valence-corrected chi connectivity index (χ4v) is 1.23. The van der Waals surface area contributed by atoms with E-state index in [-0.39, 0.29) is 0 Å². The Bertz CT molecular complexity index is 287. The molecular formula is C11H15NO. The van der Waals surface area contributed by atoms with E-state index in [9.17, 15) is 0 Å². The third kappa shape index (κ3) is 2.58. The van der Waals surface area contributed by atoms with Gasteiger partial charge in [0, 0.05) is 0 Å². The summed E-state index contributed by atoms with van der Waals surface area (Å²) in [6.45, 7) is 4.11. The van der Waals surface area contributed by atoms with Crippen molar-refractivity contribution in [3.63, 3.8) is 0 Å². The first-order valence-electron chi connectivity index (χ1n) is 4.56. The maximum atomic E-state index is 8.77. The molecule has 1 aromatic carbocycles. The number of rotatable bonds is 3. The van der Waals surface area contributed by atoms with Gasteiger partial charge in [0.15, 0.2) is 0 Å². The highest BCUT2D eigenvalue weighted by atomic mass is 16.4. The minimum atomic E-state index is 0.766. The first-order chi connectivity index (χ1) is 6.27. The van der Waals surface area contributed by atoms with E-state index in [1.807, 2.05) is 31.2 Å². The Morgan fingerprint density at radius 3 is 2.38 bits per heavy atom. The van der Waals surface area contributed by atoms with Crippen LogP contribution in [0, 0.1) is 6.92 Å². The topological polar surface area (TPSA) is 32.6 Å². The van der Waals surface area contributed by atoms with Crippen molar-refractivity contribution in [2.75, 3.05) is 0 Å². The molecule has 0 heterocycles. The van der Waals surface area contributed by atoms with E-state index in [4.69, 9.17) is 5.21 Å². The smallest absolute Gasteiger partial charge is 0.0867 e. The molecule has 0 saturated carbocycles. The van der Waals surface area contributed by atoms with Crippen molar-refractivity contribution in [1.82, 2.24) is 0 Å². The van der Waals surface area contributed by atoms with Gasteiger partial charge in [-0.25, -0.2) is 0 Å². The molecule has 0 aliphatic rings. The van der Waals surface area contributed by atoms with Gasteiger partial charge < -0.3 is 5.21 Å². The molecule has 0 saturated heterocycles. The Balaban J connectivity index is 2.87. The Morgan fingerprint density at radius 1 is 1.31 bits per heavy atom. The van der Waals surface area contributed by atoms with Gasteiger partial charge in [0.1, 0.15) is 0 Å². The van der Waals surface area contributed by atoms with E-state index in [1.54, 1.807) is 0 Å². The largest absolute Gasteiger partial charge is 0.411 e. The Labute approximate surface area is 78.9 Å². The highest BCUT2D eigenvalue weighted by Crippen LogP contribution is 2.08. The van der Waals surface area contributed by atoms with Crippen molar-refractivity contribution in [1.29, 1.82) is 0 Å². The molecule has 0 fully saturated rings. The molecular weight excluding hydrogens is 162 g/mol. The van der Waals surface area contributed by atoms with E-state index in [0.717, 1.165) is 24.1 Å². The van der Waals surface area contributed by atoms with Crippen molar-refractivity contribution >= 4 is 5.71 Å². The molecule has 0 spiro atoms. The quantitative estimate of drug-likeness (QED) is 0.429. The van der Waals surface area contributed by atoms with E-state index >= 15 is 0 Å².